The molecule has 2 heterocycles. The number of benzene rings is 1. The van der Waals surface area contributed by atoms with Crippen molar-refractivity contribution in [2.45, 2.75) is 6.54 Å². The van der Waals surface area contributed by atoms with Crippen LogP contribution in [0.3, 0.4) is 0 Å². The molecule has 3 aromatic rings. The van der Waals surface area contributed by atoms with Crippen molar-refractivity contribution in [1.82, 2.24) is 9.97 Å². The molecule has 0 spiro atoms. The van der Waals surface area contributed by atoms with Crippen molar-refractivity contribution in [3.05, 3.63) is 60.6 Å². The Labute approximate surface area is 117 Å². The summed E-state index contributed by atoms with van der Waals surface area (Å²) in [5, 5.41) is 5.55. The minimum Gasteiger partial charge on any atom is -0.497 e. The van der Waals surface area contributed by atoms with Crippen LogP contribution in [0.1, 0.15) is 5.56 Å². The lowest BCUT2D eigenvalue weighted by molar-refractivity contribution is 0.415. The van der Waals surface area contributed by atoms with Crippen LogP contribution in [-0.4, -0.2) is 17.1 Å². The van der Waals surface area contributed by atoms with Crippen molar-refractivity contribution < 1.29 is 4.74 Å². The van der Waals surface area contributed by atoms with Gasteiger partial charge in [0.05, 0.1) is 7.11 Å². The standard InChI is InChI=1S/C16H15N3O/c1-20-14-3-2-13-6-9-18-16(15(13)10-14)19-11-12-4-7-17-8-5-12/h2-10H,11H2,1H3,(H,18,19). The summed E-state index contributed by atoms with van der Waals surface area (Å²) in [6, 6.07) is 11.9. The zero-order chi connectivity index (χ0) is 13.8. The average molecular weight is 265 g/mol. The highest BCUT2D eigenvalue weighted by molar-refractivity contribution is 5.92. The molecule has 1 aromatic carbocycles. The maximum atomic E-state index is 5.28. The Balaban J connectivity index is 1.90. The number of hydrogen-bond donors (Lipinski definition) is 1. The molecule has 2 aromatic heterocycles. The normalized spacial score (nSPS) is 10.4. The Kier molecular flexibility index (Phi) is 3.46. The third-order valence-electron chi connectivity index (χ3n) is 3.18. The molecular weight excluding hydrogens is 250 g/mol. The van der Waals surface area contributed by atoms with Gasteiger partial charge in [-0.05, 0) is 41.3 Å². The highest BCUT2D eigenvalue weighted by Gasteiger charge is 2.04. The minimum atomic E-state index is 0.714. The Morgan fingerprint density at radius 2 is 1.90 bits per heavy atom. The van der Waals surface area contributed by atoms with E-state index >= 15 is 0 Å². The number of hydrogen-bond acceptors (Lipinski definition) is 4. The number of nitrogens with one attached hydrogen (secondary N) is 1. The molecule has 0 aliphatic rings. The van der Waals surface area contributed by atoms with Gasteiger partial charge in [-0.3, -0.25) is 4.98 Å². The SMILES string of the molecule is COc1ccc2ccnc(NCc3ccncc3)c2c1. The summed E-state index contributed by atoms with van der Waals surface area (Å²) in [6.45, 7) is 0.714. The van der Waals surface area contributed by atoms with Crippen LogP contribution in [-0.2, 0) is 6.54 Å². The molecule has 0 fully saturated rings. The second-order valence-corrected chi connectivity index (χ2v) is 4.46. The number of ether oxygens (including phenoxy) is 1. The number of methoxy groups -OCH3 is 1. The van der Waals surface area contributed by atoms with E-state index in [0.717, 1.165) is 22.3 Å². The van der Waals surface area contributed by atoms with Gasteiger partial charge in [0, 0.05) is 30.5 Å². The van der Waals surface area contributed by atoms with Gasteiger partial charge in [-0.2, -0.15) is 0 Å². The third-order valence-corrected chi connectivity index (χ3v) is 3.18. The Hall–Kier alpha value is -2.62. The molecular formula is C16H15N3O. The molecule has 20 heavy (non-hydrogen) atoms. The molecule has 0 unspecified atom stereocenters. The first-order valence-electron chi connectivity index (χ1n) is 6.42. The molecule has 0 saturated heterocycles. The number of fused-ring (bicyclic) bond motifs is 1. The predicted octanol–water partition coefficient (Wildman–Crippen LogP) is 3.25. The molecule has 0 aliphatic carbocycles. The number of rotatable bonds is 4. The summed E-state index contributed by atoms with van der Waals surface area (Å²) in [7, 11) is 1.67. The lowest BCUT2D eigenvalue weighted by Crippen LogP contribution is -2.02. The van der Waals surface area contributed by atoms with E-state index in [1.165, 1.54) is 5.56 Å². The van der Waals surface area contributed by atoms with Gasteiger partial charge in [0.15, 0.2) is 0 Å². The van der Waals surface area contributed by atoms with Crippen molar-refractivity contribution in [1.29, 1.82) is 0 Å². The van der Waals surface area contributed by atoms with Crippen LogP contribution in [0.15, 0.2) is 55.0 Å². The molecule has 0 bridgehead atoms. The van der Waals surface area contributed by atoms with Crippen molar-refractivity contribution in [3.63, 3.8) is 0 Å². The Morgan fingerprint density at radius 1 is 1.05 bits per heavy atom. The van der Waals surface area contributed by atoms with Gasteiger partial charge >= 0.3 is 0 Å². The second-order valence-electron chi connectivity index (χ2n) is 4.46. The van der Waals surface area contributed by atoms with Gasteiger partial charge in [0.2, 0.25) is 0 Å². The fourth-order valence-electron chi connectivity index (χ4n) is 2.10. The van der Waals surface area contributed by atoms with Gasteiger partial charge in [0.1, 0.15) is 11.6 Å². The van der Waals surface area contributed by atoms with Crippen LogP contribution in [0.5, 0.6) is 5.75 Å². The molecule has 3 rings (SSSR count). The summed E-state index contributed by atoms with van der Waals surface area (Å²) >= 11 is 0. The largest absolute Gasteiger partial charge is 0.497 e. The lowest BCUT2D eigenvalue weighted by atomic mass is 10.1. The van der Waals surface area contributed by atoms with Crippen molar-refractivity contribution in [2.24, 2.45) is 0 Å². The van der Waals surface area contributed by atoms with Gasteiger partial charge in [-0.25, -0.2) is 4.98 Å². The topological polar surface area (TPSA) is 47.0 Å². The highest BCUT2D eigenvalue weighted by Crippen LogP contribution is 2.25. The first kappa shape index (κ1) is 12.4. The van der Waals surface area contributed by atoms with Crippen LogP contribution in [0.2, 0.25) is 0 Å². The zero-order valence-electron chi connectivity index (χ0n) is 11.2. The molecule has 0 amide bonds. The summed E-state index contributed by atoms with van der Waals surface area (Å²) in [4.78, 5) is 8.43. The average Bonchev–Trinajstić information content (AvgIpc) is 2.53. The summed E-state index contributed by atoms with van der Waals surface area (Å²) in [6.07, 6.45) is 5.39. The van der Waals surface area contributed by atoms with Gasteiger partial charge in [-0.15, -0.1) is 0 Å². The van der Waals surface area contributed by atoms with Crippen molar-refractivity contribution >= 4 is 16.6 Å². The van der Waals surface area contributed by atoms with Gasteiger partial charge in [-0.1, -0.05) is 6.07 Å². The van der Waals surface area contributed by atoms with Crippen LogP contribution < -0.4 is 10.1 Å². The van der Waals surface area contributed by atoms with Gasteiger partial charge < -0.3 is 10.1 Å². The Morgan fingerprint density at radius 3 is 2.70 bits per heavy atom. The summed E-state index contributed by atoms with van der Waals surface area (Å²) < 4.78 is 5.28. The van der Waals surface area contributed by atoms with Crippen LogP contribution in [0.4, 0.5) is 5.82 Å². The maximum Gasteiger partial charge on any atom is 0.134 e. The predicted molar refractivity (Wildman–Crippen MR) is 79.9 cm³/mol. The number of anilines is 1. The molecule has 4 heteroatoms. The minimum absolute atomic E-state index is 0.714. The molecule has 100 valence electrons. The lowest BCUT2D eigenvalue weighted by Gasteiger charge is -2.10. The molecule has 0 radical (unpaired) electrons. The fourth-order valence-corrected chi connectivity index (χ4v) is 2.10. The van der Waals surface area contributed by atoms with E-state index in [0.29, 0.717) is 6.54 Å². The van der Waals surface area contributed by atoms with E-state index in [2.05, 4.69) is 15.3 Å². The highest BCUT2D eigenvalue weighted by atomic mass is 16.5. The third kappa shape index (κ3) is 2.54. The van der Waals surface area contributed by atoms with Gasteiger partial charge in [0.25, 0.3) is 0 Å². The van der Waals surface area contributed by atoms with Crippen LogP contribution >= 0.6 is 0 Å². The van der Waals surface area contributed by atoms with Crippen molar-refractivity contribution in [2.75, 3.05) is 12.4 Å². The van der Waals surface area contributed by atoms with E-state index in [-0.39, 0.29) is 0 Å². The molecule has 0 saturated carbocycles. The monoisotopic (exact) mass is 265 g/mol. The molecule has 0 atom stereocenters. The van der Waals surface area contributed by atoms with E-state index in [9.17, 15) is 0 Å². The number of pyridine rings is 2. The molecule has 1 N–H and O–H groups in total. The zero-order valence-corrected chi connectivity index (χ0v) is 11.2. The van der Waals surface area contributed by atoms with E-state index < -0.39 is 0 Å². The second kappa shape index (κ2) is 5.57. The van der Waals surface area contributed by atoms with Crippen LogP contribution in [0.25, 0.3) is 10.8 Å². The first-order valence-corrected chi connectivity index (χ1v) is 6.42. The van der Waals surface area contributed by atoms with E-state index in [1.54, 1.807) is 19.5 Å². The number of nitrogens with zero attached hydrogens (tertiary/aromatic N) is 2. The van der Waals surface area contributed by atoms with E-state index in [4.69, 9.17) is 4.74 Å². The fraction of sp³-hybridized carbons (Fsp3) is 0.125. The smallest absolute Gasteiger partial charge is 0.134 e. The Bertz CT molecular complexity index is 713. The maximum absolute atomic E-state index is 5.28. The van der Waals surface area contributed by atoms with E-state index in [1.807, 2.05) is 42.6 Å². The molecule has 4 nitrogen and oxygen atoms in total. The summed E-state index contributed by atoms with van der Waals surface area (Å²) in [5.41, 5.74) is 1.17. The van der Waals surface area contributed by atoms with Crippen molar-refractivity contribution in [3.8, 4) is 5.75 Å². The summed E-state index contributed by atoms with van der Waals surface area (Å²) in [5.74, 6) is 1.69. The first-order chi connectivity index (χ1) is 9.86. The molecule has 0 aliphatic heterocycles. The number of aromatic nitrogens is 2. The van der Waals surface area contributed by atoms with Crippen LogP contribution in [0, 0.1) is 0 Å². The quantitative estimate of drug-likeness (QED) is 0.786.